The average Bonchev–Trinajstić information content (AvgIpc) is 2.28. The lowest BCUT2D eigenvalue weighted by atomic mass is 10.0. The summed E-state index contributed by atoms with van der Waals surface area (Å²) in [6.45, 7) is 0. The summed E-state index contributed by atoms with van der Waals surface area (Å²) >= 11 is 0. The first kappa shape index (κ1) is 11.6. The second-order valence-electron chi connectivity index (χ2n) is 4.06. The minimum Gasteiger partial charge on any atom is -0.363 e. The van der Waals surface area contributed by atoms with E-state index in [1.165, 1.54) is 12.1 Å². The van der Waals surface area contributed by atoms with Crippen molar-refractivity contribution in [3.63, 3.8) is 0 Å². The Balaban J connectivity index is 2.17. The Bertz CT molecular complexity index is 462. The quantitative estimate of drug-likeness (QED) is 0.781. The Kier molecular flexibility index (Phi) is 3.08. The molecule has 0 saturated carbocycles. The molecular formula is C12H13FN2O2. The fourth-order valence-corrected chi connectivity index (χ4v) is 1.93. The van der Waals surface area contributed by atoms with Crippen LogP contribution in [0.4, 0.5) is 10.1 Å². The number of rotatable bonds is 2. The van der Waals surface area contributed by atoms with E-state index >= 15 is 0 Å². The number of imide groups is 1. The zero-order valence-electron chi connectivity index (χ0n) is 9.44. The molecule has 1 atom stereocenters. The molecule has 1 aliphatic rings. The molecule has 1 unspecified atom stereocenters. The first-order valence-corrected chi connectivity index (χ1v) is 5.40. The number of benzene rings is 1. The lowest BCUT2D eigenvalue weighted by molar-refractivity contribution is -0.134. The van der Waals surface area contributed by atoms with Crippen LogP contribution >= 0.6 is 0 Å². The van der Waals surface area contributed by atoms with Gasteiger partial charge in [-0.05, 0) is 24.6 Å². The van der Waals surface area contributed by atoms with Crippen molar-refractivity contribution in [2.24, 2.45) is 0 Å². The van der Waals surface area contributed by atoms with Crippen molar-refractivity contribution in [1.82, 2.24) is 5.32 Å². The molecule has 0 aliphatic carbocycles. The predicted octanol–water partition coefficient (Wildman–Crippen LogP) is 1.07. The summed E-state index contributed by atoms with van der Waals surface area (Å²) in [5.74, 6) is -0.923. The van der Waals surface area contributed by atoms with Crippen molar-refractivity contribution in [3.05, 3.63) is 30.1 Å². The molecule has 90 valence electrons. The van der Waals surface area contributed by atoms with Gasteiger partial charge in [0.25, 0.3) is 0 Å². The second kappa shape index (κ2) is 4.53. The number of halogens is 1. The van der Waals surface area contributed by atoms with Crippen molar-refractivity contribution in [1.29, 1.82) is 0 Å². The zero-order chi connectivity index (χ0) is 12.4. The summed E-state index contributed by atoms with van der Waals surface area (Å²) in [7, 11) is 1.72. The van der Waals surface area contributed by atoms with E-state index in [0.717, 1.165) is 0 Å². The maximum atomic E-state index is 13.1. The summed E-state index contributed by atoms with van der Waals surface area (Å²) < 4.78 is 13.1. The molecule has 1 aromatic rings. The van der Waals surface area contributed by atoms with E-state index in [1.54, 1.807) is 24.1 Å². The third-order valence-electron chi connectivity index (χ3n) is 2.89. The normalized spacial score (nSPS) is 20.0. The molecular weight excluding hydrogens is 223 g/mol. The standard InChI is InChI=1S/C12H13FN2O2/c1-15(9-4-2-3-8(13)7-9)10-5-6-11(16)14-12(10)17/h2-4,7,10H,5-6H2,1H3,(H,14,16,17). The summed E-state index contributed by atoms with van der Waals surface area (Å²) in [6.07, 6.45) is 0.772. The number of likely N-dealkylation sites (N-methyl/N-ethyl adjacent to an activating group) is 1. The van der Waals surface area contributed by atoms with Crippen molar-refractivity contribution in [2.75, 3.05) is 11.9 Å². The van der Waals surface area contributed by atoms with Crippen LogP contribution < -0.4 is 10.2 Å². The maximum Gasteiger partial charge on any atom is 0.249 e. The first-order chi connectivity index (χ1) is 8.08. The number of hydrogen-bond donors (Lipinski definition) is 1. The number of piperidine rings is 1. The largest absolute Gasteiger partial charge is 0.363 e. The van der Waals surface area contributed by atoms with E-state index in [2.05, 4.69) is 5.32 Å². The molecule has 1 saturated heterocycles. The summed E-state index contributed by atoms with van der Waals surface area (Å²) in [5, 5.41) is 2.28. The van der Waals surface area contributed by atoms with Crippen LogP contribution in [0.5, 0.6) is 0 Å². The third-order valence-corrected chi connectivity index (χ3v) is 2.89. The van der Waals surface area contributed by atoms with Gasteiger partial charge in [0, 0.05) is 19.2 Å². The van der Waals surface area contributed by atoms with Gasteiger partial charge in [-0.1, -0.05) is 6.07 Å². The van der Waals surface area contributed by atoms with Gasteiger partial charge < -0.3 is 4.90 Å². The Hall–Kier alpha value is -1.91. The molecule has 0 bridgehead atoms. The van der Waals surface area contributed by atoms with E-state index < -0.39 is 6.04 Å². The van der Waals surface area contributed by atoms with Crippen LogP contribution in [0.1, 0.15) is 12.8 Å². The van der Waals surface area contributed by atoms with Crippen molar-refractivity contribution >= 4 is 17.5 Å². The van der Waals surface area contributed by atoms with Crippen molar-refractivity contribution < 1.29 is 14.0 Å². The number of hydrogen-bond acceptors (Lipinski definition) is 3. The highest BCUT2D eigenvalue weighted by Crippen LogP contribution is 2.20. The van der Waals surface area contributed by atoms with E-state index in [9.17, 15) is 14.0 Å². The number of anilines is 1. The Morgan fingerprint density at radius 2 is 2.18 bits per heavy atom. The lowest BCUT2D eigenvalue weighted by Gasteiger charge is -2.31. The molecule has 1 aliphatic heterocycles. The van der Waals surface area contributed by atoms with Crippen molar-refractivity contribution in [2.45, 2.75) is 18.9 Å². The molecule has 17 heavy (non-hydrogen) atoms. The highest BCUT2D eigenvalue weighted by molar-refractivity contribution is 6.01. The Labute approximate surface area is 98.4 Å². The first-order valence-electron chi connectivity index (χ1n) is 5.40. The fraction of sp³-hybridized carbons (Fsp3) is 0.333. The third kappa shape index (κ3) is 2.43. The van der Waals surface area contributed by atoms with Gasteiger partial charge in [0.1, 0.15) is 11.9 Å². The molecule has 2 rings (SSSR count). The number of carbonyl (C=O) groups is 2. The monoisotopic (exact) mass is 236 g/mol. The number of nitrogens with one attached hydrogen (secondary N) is 1. The Morgan fingerprint density at radius 3 is 2.82 bits per heavy atom. The van der Waals surface area contributed by atoms with Gasteiger partial charge in [-0.3, -0.25) is 14.9 Å². The molecule has 1 heterocycles. The lowest BCUT2D eigenvalue weighted by Crippen LogP contribution is -2.51. The van der Waals surface area contributed by atoms with E-state index in [1.807, 2.05) is 0 Å². The molecule has 5 heteroatoms. The SMILES string of the molecule is CN(c1cccc(F)c1)C1CCC(=O)NC1=O. The minimum absolute atomic E-state index is 0.251. The Morgan fingerprint density at radius 1 is 1.41 bits per heavy atom. The van der Waals surface area contributed by atoms with E-state index in [-0.39, 0.29) is 17.6 Å². The van der Waals surface area contributed by atoms with E-state index in [0.29, 0.717) is 18.5 Å². The summed E-state index contributed by atoms with van der Waals surface area (Å²) in [6, 6.07) is 5.61. The molecule has 1 fully saturated rings. The molecule has 1 aromatic carbocycles. The zero-order valence-corrected chi connectivity index (χ0v) is 9.44. The highest BCUT2D eigenvalue weighted by Gasteiger charge is 2.29. The van der Waals surface area contributed by atoms with Crippen LogP contribution in [0.25, 0.3) is 0 Å². The summed E-state index contributed by atoms with van der Waals surface area (Å²) in [4.78, 5) is 24.3. The topological polar surface area (TPSA) is 49.4 Å². The molecule has 0 aromatic heterocycles. The predicted molar refractivity (Wildman–Crippen MR) is 61.0 cm³/mol. The molecule has 4 nitrogen and oxygen atoms in total. The van der Waals surface area contributed by atoms with Gasteiger partial charge in [0.05, 0.1) is 0 Å². The molecule has 1 N–H and O–H groups in total. The van der Waals surface area contributed by atoms with Crippen molar-refractivity contribution in [3.8, 4) is 0 Å². The smallest absolute Gasteiger partial charge is 0.249 e. The van der Waals surface area contributed by atoms with Crippen LogP contribution in [-0.4, -0.2) is 24.9 Å². The highest BCUT2D eigenvalue weighted by atomic mass is 19.1. The van der Waals surface area contributed by atoms with Crippen LogP contribution in [0.15, 0.2) is 24.3 Å². The van der Waals surface area contributed by atoms with Gasteiger partial charge in [-0.2, -0.15) is 0 Å². The molecule has 0 spiro atoms. The van der Waals surface area contributed by atoms with Gasteiger partial charge in [-0.15, -0.1) is 0 Å². The van der Waals surface area contributed by atoms with Gasteiger partial charge in [0.2, 0.25) is 11.8 Å². The van der Waals surface area contributed by atoms with Crippen LogP contribution in [-0.2, 0) is 9.59 Å². The fourth-order valence-electron chi connectivity index (χ4n) is 1.93. The van der Waals surface area contributed by atoms with Crippen LogP contribution in [0, 0.1) is 5.82 Å². The maximum absolute atomic E-state index is 13.1. The summed E-state index contributed by atoms with van der Waals surface area (Å²) in [5.41, 5.74) is 0.625. The van der Waals surface area contributed by atoms with Gasteiger partial charge in [0.15, 0.2) is 0 Å². The minimum atomic E-state index is -0.422. The van der Waals surface area contributed by atoms with Crippen LogP contribution in [0.2, 0.25) is 0 Å². The second-order valence-corrected chi connectivity index (χ2v) is 4.06. The van der Waals surface area contributed by atoms with Gasteiger partial charge in [-0.25, -0.2) is 4.39 Å². The molecule has 2 amide bonds. The number of amides is 2. The number of nitrogens with zero attached hydrogens (tertiary/aromatic N) is 1. The van der Waals surface area contributed by atoms with Gasteiger partial charge >= 0.3 is 0 Å². The average molecular weight is 236 g/mol. The van der Waals surface area contributed by atoms with E-state index in [4.69, 9.17) is 0 Å². The molecule has 0 radical (unpaired) electrons. The van der Waals surface area contributed by atoms with Crippen LogP contribution in [0.3, 0.4) is 0 Å². The number of carbonyl (C=O) groups excluding carboxylic acids is 2.